The fourth-order valence-electron chi connectivity index (χ4n) is 2.13. The molecule has 0 atom stereocenters. The van der Waals surface area contributed by atoms with Crippen molar-refractivity contribution in [3.63, 3.8) is 0 Å². The molecular weight excluding hydrogens is 260 g/mol. The number of benzene rings is 2. The van der Waals surface area contributed by atoms with Gasteiger partial charge in [0.25, 0.3) is 0 Å². The Balaban J connectivity index is 2.16. The van der Waals surface area contributed by atoms with E-state index in [-0.39, 0.29) is 0 Å². The van der Waals surface area contributed by atoms with Crippen molar-refractivity contribution in [2.45, 2.75) is 6.92 Å². The molecule has 0 amide bonds. The minimum absolute atomic E-state index is 0.435. The Morgan fingerprint density at radius 3 is 2.68 bits per heavy atom. The third-order valence-electron chi connectivity index (χ3n) is 3.15. The van der Waals surface area contributed by atoms with Gasteiger partial charge in [0.05, 0.1) is 5.02 Å². The molecule has 3 rings (SSSR count). The number of halogens is 1. The van der Waals surface area contributed by atoms with E-state index < -0.39 is 0 Å². The largest absolute Gasteiger partial charge is 0.456 e. The highest BCUT2D eigenvalue weighted by atomic mass is 35.5. The molecule has 0 unspecified atom stereocenters. The highest BCUT2D eigenvalue weighted by Crippen LogP contribution is 2.31. The second kappa shape index (κ2) is 4.56. The highest BCUT2D eigenvalue weighted by Gasteiger charge is 2.09. The normalized spacial score (nSPS) is 10.8. The van der Waals surface area contributed by atoms with Crippen LogP contribution in [0.1, 0.15) is 15.9 Å². The van der Waals surface area contributed by atoms with Crippen molar-refractivity contribution in [2.24, 2.45) is 0 Å². The second-order valence-corrected chi connectivity index (χ2v) is 4.87. The Bertz CT molecular complexity index is 772. The summed E-state index contributed by atoms with van der Waals surface area (Å²) in [6.07, 6.45) is 0.745. The summed E-state index contributed by atoms with van der Waals surface area (Å²) in [5.74, 6) is 0.753. The fourth-order valence-corrected chi connectivity index (χ4v) is 2.35. The van der Waals surface area contributed by atoms with Crippen molar-refractivity contribution in [1.29, 1.82) is 0 Å². The molecule has 19 heavy (non-hydrogen) atoms. The van der Waals surface area contributed by atoms with Crippen LogP contribution in [-0.4, -0.2) is 6.29 Å². The van der Waals surface area contributed by atoms with E-state index in [1.807, 2.05) is 37.3 Å². The number of carbonyl (C=O) groups excluding carboxylic acids is 1. The lowest BCUT2D eigenvalue weighted by Crippen LogP contribution is -1.82. The first-order chi connectivity index (χ1) is 9.19. The van der Waals surface area contributed by atoms with Gasteiger partial charge in [0.2, 0.25) is 0 Å². The van der Waals surface area contributed by atoms with Gasteiger partial charge in [0.1, 0.15) is 11.3 Å². The number of rotatable bonds is 2. The summed E-state index contributed by atoms with van der Waals surface area (Å²) in [6.45, 7) is 2.01. The van der Waals surface area contributed by atoms with Gasteiger partial charge >= 0.3 is 0 Å². The maximum absolute atomic E-state index is 10.8. The molecule has 0 saturated carbocycles. The number of fused-ring (bicyclic) bond motifs is 1. The van der Waals surface area contributed by atoms with Crippen LogP contribution in [0, 0.1) is 6.92 Å². The van der Waals surface area contributed by atoms with Gasteiger partial charge in [0, 0.05) is 16.5 Å². The molecule has 2 nitrogen and oxygen atoms in total. The lowest BCUT2D eigenvalue weighted by Gasteiger charge is -2.00. The SMILES string of the molecule is Cc1cccc2cc(-c3ccc(C=O)c(Cl)c3)oc12. The lowest BCUT2D eigenvalue weighted by atomic mass is 10.1. The van der Waals surface area contributed by atoms with Crippen LogP contribution in [0.2, 0.25) is 5.02 Å². The minimum Gasteiger partial charge on any atom is -0.456 e. The molecule has 0 saturated heterocycles. The van der Waals surface area contributed by atoms with Gasteiger partial charge in [-0.1, -0.05) is 35.9 Å². The molecule has 0 aliphatic carbocycles. The Kier molecular flexibility index (Phi) is 2.88. The van der Waals surface area contributed by atoms with Crippen LogP contribution in [0.4, 0.5) is 0 Å². The number of furan rings is 1. The Labute approximate surface area is 115 Å². The number of carbonyl (C=O) groups is 1. The lowest BCUT2D eigenvalue weighted by molar-refractivity contribution is 0.112. The average Bonchev–Trinajstić information content (AvgIpc) is 2.84. The van der Waals surface area contributed by atoms with Crippen LogP contribution in [0.15, 0.2) is 46.9 Å². The van der Waals surface area contributed by atoms with Crippen molar-refractivity contribution >= 4 is 28.9 Å². The van der Waals surface area contributed by atoms with Gasteiger partial charge in [0.15, 0.2) is 6.29 Å². The molecule has 0 fully saturated rings. The van der Waals surface area contributed by atoms with E-state index in [1.54, 1.807) is 12.1 Å². The first kappa shape index (κ1) is 12.0. The van der Waals surface area contributed by atoms with Gasteiger partial charge < -0.3 is 4.42 Å². The fraction of sp³-hybridized carbons (Fsp3) is 0.0625. The maximum atomic E-state index is 10.8. The summed E-state index contributed by atoms with van der Waals surface area (Å²) in [7, 11) is 0. The average molecular weight is 271 g/mol. The van der Waals surface area contributed by atoms with Crippen molar-refractivity contribution in [3.8, 4) is 11.3 Å². The van der Waals surface area contributed by atoms with E-state index in [9.17, 15) is 4.79 Å². The molecule has 94 valence electrons. The maximum Gasteiger partial charge on any atom is 0.151 e. The Morgan fingerprint density at radius 2 is 2.00 bits per heavy atom. The Hall–Kier alpha value is -2.06. The monoisotopic (exact) mass is 270 g/mol. The highest BCUT2D eigenvalue weighted by molar-refractivity contribution is 6.33. The zero-order valence-electron chi connectivity index (χ0n) is 10.3. The summed E-state index contributed by atoms with van der Waals surface area (Å²) in [6, 6.07) is 13.3. The predicted molar refractivity (Wildman–Crippen MR) is 76.8 cm³/mol. The van der Waals surface area contributed by atoms with Gasteiger partial charge in [-0.3, -0.25) is 4.79 Å². The molecule has 1 heterocycles. The molecule has 0 N–H and O–H groups in total. The topological polar surface area (TPSA) is 30.2 Å². The van der Waals surface area contributed by atoms with Crippen LogP contribution in [0.5, 0.6) is 0 Å². The van der Waals surface area contributed by atoms with E-state index in [4.69, 9.17) is 16.0 Å². The quantitative estimate of drug-likeness (QED) is 0.622. The van der Waals surface area contributed by atoms with Crippen LogP contribution < -0.4 is 0 Å². The van der Waals surface area contributed by atoms with Crippen LogP contribution in [0.25, 0.3) is 22.3 Å². The van der Waals surface area contributed by atoms with Gasteiger partial charge in [-0.05, 0) is 30.7 Å². The summed E-state index contributed by atoms with van der Waals surface area (Å²) in [4.78, 5) is 10.8. The zero-order chi connectivity index (χ0) is 13.4. The summed E-state index contributed by atoms with van der Waals surface area (Å²) in [5.41, 5.74) is 3.33. The minimum atomic E-state index is 0.435. The molecule has 3 heteroatoms. The molecule has 0 aliphatic heterocycles. The standard InChI is InChI=1S/C16H11ClO2/c1-10-3-2-4-12-8-15(19-16(10)12)11-5-6-13(9-18)14(17)7-11/h2-9H,1H3. The first-order valence-corrected chi connectivity index (χ1v) is 6.31. The van der Waals surface area contributed by atoms with Crippen molar-refractivity contribution in [3.05, 3.63) is 58.6 Å². The molecule has 0 bridgehead atoms. The number of para-hydroxylation sites is 1. The smallest absolute Gasteiger partial charge is 0.151 e. The number of aryl methyl sites for hydroxylation is 1. The molecule has 3 aromatic rings. The number of hydrogen-bond acceptors (Lipinski definition) is 2. The summed E-state index contributed by atoms with van der Waals surface area (Å²) >= 11 is 6.04. The van der Waals surface area contributed by atoms with Gasteiger partial charge in [-0.25, -0.2) is 0 Å². The molecule has 0 radical (unpaired) electrons. The third-order valence-corrected chi connectivity index (χ3v) is 3.48. The van der Waals surface area contributed by atoms with Gasteiger partial charge in [-0.15, -0.1) is 0 Å². The van der Waals surface area contributed by atoms with Crippen molar-refractivity contribution in [1.82, 2.24) is 0 Å². The van der Waals surface area contributed by atoms with Gasteiger partial charge in [-0.2, -0.15) is 0 Å². The predicted octanol–water partition coefficient (Wildman–Crippen LogP) is 4.87. The zero-order valence-corrected chi connectivity index (χ0v) is 11.1. The third kappa shape index (κ3) is 2.04. The molecule has 1 aromatic heterocycles. The molecule has 0 spiro atoms. The van der Waals surface area contributed by atoms with E-state index in [2.05, 4.69) is 0 Å². The van der Waals surface area contributed by atoms with E-state index >= 15 is 0 Å². The van der Waals surface area contributed by atoms with Crippen LogP contribution in [0.3, 0.4) is 0 Å². The second-order valence-electron chi connectivity index (χ2n) is 4.46. The van der Waals surface area contributed by atoms with E-state index in [1.165, 1.54) is 0 Å². The molecule has 2 aromatic carbocycles. The van der Waals surface area contributed by atoms with Crippen LogP contribution >= 0.6 is 11.6 Å². The van der Waals surface area contributed by atoms with E-state index in [0.29, 0.717) is 10.6 Å². The molecular formula is C16H11ClO2. The first-order valence-electron chi connectivity index (χ1n) is 5.93. The van der Waals surface area contributed by atoms with Crippen molar-refractivity contribution in [2.75, 3.05) is 0 Å². The molecule has 0 aliphatic rings. The van der Waals surface area contributed by atoms with Crippen LogP contribution in [-0.2, 0) is 0 Å². The Morgan fingerprint density at radius 1 is 1.16 bits per heavy atom. The summed E-state index contributed by atoms with van der Waals surface area (Å²) < 4.78 is 5.87. The number of hydrogen-bond donors (Lipinski definition) is 0. The van der Waals surface area contributed by atoms with Crippen molar-refractivity contribution < 1.29 is 9.21 Å². The van der Waals surface area contributed by atoms with E-state index in [0.717, 1.165) is 34.1 Å². The summed E-state index contributed by atoms with van der Waals surface area (Å²) in [5, 5.41) is 1.50. The number of aldehydes is 1.